The molecule has 3 aromatic rings. The van der Waals surface area contributed by atoms with E-state index in [1.165, 1.54) is 18.0 Å². The van der Waals surface area contributed by atoms with E-state index in [1.807, 2.05) is 43.3 Å². The molecule has 0 spiro atoms. The highest BCUT2D eigenvalue weighted by Crippen LogP contribution is 2.45. The van der Waals surface area contributed by atoms with Gasteiger partial charge in [0.15, 0.2) is 0 Å². The minimum absolute atomic E-state index is 0.138. The summed E-state index contributed by atoms with van der Waals surface area (Å²) < 4.78 is 23.2. The number of anilines is 1. The fourth-order valence-corrected chi connectivity index (χ4v) is 6.46. The monoisotopic (exact) mass is 618 g/mol. The molecule has 1 N–H and O–H groups in total. The lowest BCUT2D eigenvalue weighted by Gasteiger charge is -2.49. The van der Waals surface area contributed by atoms with Gasteiger partial charge in [-0.1, -0.05) is 80.4 Å². The van der Waals surface area contributed by atoms with E-state index in [9.17, 15) is 14.7 Å². The van der Waals surface area contributed by atoms with Gasteiger partial charge in [0.05, 0.1) is 30.7 Å². The van der Waals surface area contributed by atoms with Crippen molar-refractivity contribution in [1.82, 2.24) is 4.90 Å². The predicted molar refractivity (Wildman–Crippen MR) is 163 cm³/mol. The zero-order valence-corrected chi connectivity index (χ0v) is 25.4. The second-order valence-corrected chi connectivity index (χ2v) is 12.6. The van der Waals surface area contributed by atoms with Crippen molar-refractivity contribution < 1.29 is 23.8 Å². The minimum atomic E-state index is -1.21. The maximum atomic E-state index is 15.0. The number of nitrogens with zero attached hydrogens (tertiary/aromatic N) is 2. The van der Waals surface area contributed by atoms with Crippen LogP contribution in [0.15, 0.2) is 72.8 Å². The highest BCUT2D eigenvalue weighted by Gasteiger charge is 2.47. The van der Waals surface area contributed by atoms with E-state index in [0.29, 0.717) is 34.3 Å². The van der Waals surface area contributed by atoms with Gasteiger partial charge in [-0.15, -0.1) is 0 Å². The Morgan fingerprint density at radius 1 is 1.05 bits per heavy atom. The maximum absolute atomic E-state index is 15.0. The van der Waals surface area contributed by atoms with Gasteiger partial charge in [0.25, 0.3) is 5.91 Å². The summed E-state index contributed by atoms with van der Waals surface area (Å²) in [4.78, 5) is 27.7. The van der Waals surface area contributed by atoms with Crippen LogP contribution in [0.3, 0.4) is 0 Å². The Balaban J connectivity index is 1.85. The third kappa shape index (κ3) is 7.55. The molecule has 41 heavy (non-hydrogen) atoms. The highest BCUT2D eigenvalue weighted by atomic mass is 35.5. The molecule has 218 valence electrons. The van der Waals surface area contributed by atoms with Crippen LogP contribution in [0.5, 0.6) is 0 Å². The number of morpholine rings is 1. The summed E-state index contributed by atoms with van der Waals surface area (Å²) in [7, 11) is 0. The van der Waals surface area contributed by atoms with Gasteiger partial charge in [-0.3, -0.25) is 9.59 Å². The van der Waals surface area contributed by atoms with Crippen molar-refractivity contribution >= 4 is 52.7 Å². The smallest absolute Gasteiger partial charge is 0.306 e. The number of ether oxygens (including phenoxy) is 1. The number of aliphatic carboxylic acids is 1. The lowest BCUT2D eigenvalue weighted by atomic mass is 9.89. The molecule has 0 bridgehead atoms. The van der Waals surface area contributed by atoms with E-state index in [2.05, 4.69) is 0 Å². The molecule has 1 heterocycles. The molecule has 10 heteroatoms. The molecule has 3 aromatic carbocycles. The zero-order valence-electron chi connectivity index (χ0n) is 23.0. The highest BCUT2D eigenvalue weighted by molar-refractivity contribution is 8.01. The number of rotatable bonds is 11. The number of benzene rings is 3. The quantitative estimate of drug-likeness (QED) is 0.220. The van der Waals surface area contributed by atoms with Gasteiger partial charge in [0.2, 0.25) is 0 Å². The van der Waals surface area contributed by atoms with Crippen LogP contribution in [-0.4, -0.2) is 45.8 Å². The summed E-state index contributed by atoms with van der Waals surface area (Å²) in [6.45, 7) is 6.31. The fourth-order valence-electron chi connectivity index (χ4n) is 5.11. The second-order valence-electron chi connectivity index (χ2n) is 10.2. The Kier molecular flexibility index (Phi) is 10.6. The van der Waals surface area contributed by atoms with Crippen LogP contribution in [0, 0.1) is 5.82 Å². The van der Waals surface area contributed by atoms with Gasteiger partial charge < -0.3 is 19.0 Å². The number of amides is 1. The first-order valence-electron chi connectivity index (χ1n) is 13.5. The first kappa shape index (κ1) is 31.2. The third-order valence-corrected chi connectivity index (χ3v) is 8.39. The van der Waals surface area contributed by atoms with Crippen LogP contribution < -0.4 is 4.31 Å². The summed E-state index contributed by atoms with van der Waals surface area (Å²) in [5.74, 6) is -1.94. The van der Waals surface area contributed by atoms with Crippen molar-refractivity contribution in [3.8, 4) is 0 Å². The third-order valence-electron chi connectivity index (χ3n) is 6.88. The summed E-state index contributed by atoms with van der Waals surface area (Å²) in [5.41, 5.74) is 1.90. The topological polar surface area (TPSA) is 70.1 Å². The van der Waals surface area contributed by atoms with Gasteiger partial charge in [-0.05, 0) is 65.9 Å². The molecule has 1 saturated heterocycles. The SMILES string of the molecule is CCC(CN(SC(C)C)c1ccccc1F)N1C(=O)C(CC(=O)O)OC(c2cccc(Cl)c2)C1c1ccc(Cl)cc1. The van der Waals surface area contributed by atoms with Gasteiger partial charge in [-0.25, -0.2) is 4.39 Å². The van der Waals surface area contributed by atoms with Crippen LogP contribution in [0.4, 0.5) is 10.1 Å². The van der Waals surface area contributed by atoms with Crippen LogP contribution in [0.2, 0.25) is 10.0 Å². The predicted octanol–water partition coefficient (Wildman–Crippen LogP) is 7.96. The maximum Gasteiger partial charge on any atom is 0.306 e. The number of carbonyl (C=O) groups excluding carboxylic acids is 1. The van der Waals surface area contributed by atoms with Crippen molar-refractivity contribution in [1.29, 1.82) is 0 Å². The van der Waals surface area contributed by atoms with E-state index < -0.39 is 42.6 Å². The lowest BCUT2D eigenvalue weighted by molar-refractivity contribution is -0.183. The van der Waals surface area contributed by atoms with Gasteiger partial charge in [0.1, 0.15) is 18.0 Å². The van der Waals surface area contributed by atoms with Crippen molar-refractivity contribution in [3.05, 3.63) is 99.8 Å². The minimum Gasteiger partial charge on any atom is -0.481 e. The molecule has 1 aliphatic rings. The van der Waals surface area contributed by atoms with E-state index >= 15 is 4.39 Å². The first-order chi connectivity index (χ1) is 19.6. The standard InChI is InChI=1S/C31H33Cl2FN2O4S/c1-4-24(18-35(41-19(2)3)26-11-6-5-10-25(26)34)36-29(20-12-14-22(32)15-13-20)30(21-8-7-9-23(33)16-21)40-27(31(36)39)17-28(37)38/h5-16,19,24,27,29-30H,4,17-18H2,1-3H3,(H,37,38). The second kappa shape index (κ2) is 13.9. The largest absolute Gasteiger partial charge is 0.481 e. The molecule has 1 amide bonds. The van der Waals surface area contributed by atoms with Crippen LogP contribution in [0.25, 0.3) is 0 Å². The Labute approximate surface area is 254 Å². The van der Waals surface area contributed by atoms with E-state index in [1.54, 1.807) is 53.4 Å². The Hall–Kier alpha value is -2.78. The zero-order chi connectivity index (χ0) is 29.7. The molecule has 4 atom stereocenters. The van der Waals surface area contributed by atoms with Crippen molar-refractivity contribution in [3.63, 3.8) is 0 Å². The summed E-state index contributed by atoms with van der Waals surface area (Å²) >= 11 is 14.1. The van der Waals surface area contributed by atoms with Crippen LogP contribution in [0.1, 0.15) is 56.9 Å². The molecule has 4 unspecified atom stereocenters. The normalized spacial score (nSPS) is 19.8. The van der Waals surface area contributed by atoms with Crippen LogP contribution >= 0.6 is 35.1 Å². The van der Waals surface area contributed by atoms with Gasteiger partial charge in [0, 0.05) is 15.3 Å². The number of hydrogen-bond acceptors (Lipinski definition) is 5. The number of hydrogen-bond donors (Lipinski definition) is 1. The number of para-hydroxylation sites is 1. The van der Waals surface area contributed by atoms with Crippen molar-refractivity contribution in [2.45, 2.75) is 63.2 Å². The average molecular weight is 620 g/mol. The van der Waals surface area contributed by atoms with Crippen LogP contribution in [-0.2, 0) is 14.3 Å². The molecule has 1 fully saturated rings. The number of carbonyl (C=O) groups is 2. The van der Waals surface area contributed by atoms with E-state index in [0.717, 1.165) is 5.56 Å². The molecule has 0 aliphatic carbocycles. The molecule has 4 rings (SSSR count). The Morgan fingerprint density at radius 3 is 2.37 bits per heavy atom. The summed E-state index contributed by atoms with van der Waals surface area (Å²) in [6.07, 6.45) is -1.89. The molecular formula is C31H33Cl2FN2O4S. The van der Waals surface area contributed by atoms with E-state index in [4.69, 9.17) is 27.9 Å². The Morgan fingerprint density at radius 2 is 1.76 bits per heavy atom. The number of halogens is 3. The van der Waals surface area contributed by atoms with Gasteiger partial charge in [-0.2, -0.15) is 0 Å². The number of carboxylic acids is 1. The average Bonchev–Trinajstić information content (AvgIpc) is 2.92. The lowest BCUT2D eigenvalue weighted by Crippen LogP contribution is -2.57. The van der Waals surface area contributed by atoms with E-state index in [-0.39, 0.29) is 11.1 Å². The van der Waals surface area contributed by atoms with Crippen molar-refractivity contribution in [2.24, 2.45) is 0 Å². The summed E-state index contributed by atoms with van der Waals surface area (Å²) in [6, 6.07) is 19.9. The molecule has 0 aromatic heterocycles. The molecule has 6 nitrogen and oxygen atoms in total. The van der Waals surface area contributed by atoms with Crippen molar-refractivity contribution in [2.75, 3.05) is 10.8 Å². The molecule has 0 radical (unpaired) electrons. The number of carboxylic acid groups (broad SMARTS) is 1. The molecule has 0 saturated carbocycles. The molecule has 1 aliphatic heterocycles. The Bertz CT molecular complexity index is 1360. The van der Waals surface area contributed by atoms with Gasteiger partial charge >= 0.3 is 5.97 Å². The summed E-state index contributed by atoms with van der Waals surface area (Å²) in [5, 5.41) is 10.8. The fraction of sp³-hybridized carbons (Fsp3) is 0.355. The molecular weight excluding hydrogens is 586 g/mol. The first-order valence-corrected chi connectivity index (χ1v) is 15.1.